The third kappa shape index (κ3) is 5.34. The van der Waals surface area contributed by atoms with Gasteiger partial charge >= 0.3 is 0 Å². The maximum Gasteiger partial charge on any atom is 0.293 e. The first-order valence-corrected chi connectivity index (χ1v) is 3.40. The number of rotatable bonds is 5. The lowest BCUT2D eigenvalue weighted by Gasteiger charge is -2.06. The molecule has 0 amide bonds. The summed E-state index contributed by atoms with van der Waals surface area (Å²) in [4.78, 5) is 9.76. The van der Waals surface area contributed by atoms with Gasteiger partial charge in [0.25, 0.3) is 6.47 Å². The van der Waals surface area contributed by atoms with Gasteiger partial charge in [-0.1, -0.05) is 19.8 Å². The molecule has 0 aromatic rings. The Morgan fingerprint density at radius 2 is 2.33 bits per heavy atom. The minimum Gasteiger partial charge on any atom is -0.465 e. The smallest absolute Gasteiger partial charge is 0.293 e. The lowest BCUT2D eigenvalue weighted by atomic mass is 10.2. The highest BCUT2D eigenvalue weighted by Gasteiger charge is 1.97. The first-order valence-electron chi connectivity index (χ1n) is 3.40. The van der Waals surface area contributed by atoms with Gasteiger partial charge in [0.05, 0.1) is 6.10 Å². The fourth-order valence-electron chi connectivity index (χ4n) is 0.654. The second kappa shape index (κ2) is 5.60. The molecule has 0 heterocycles. The predicted octanol–water partition coefficient (Wildman–Crippen LogP) is 1.74. The number of hydrogen-bond acceptors (Lipinski definition) is 2. The van der Waals surface area contributed by atoms with E-state index in [9.17, 15) is 4.79 Å². The van der Waals surface area contributed by atoms with Gasteiger partial charge in [0, 0.05) is 0 Å². The number of hydrogen-bond donors (Lipinski definition) is 0. The number of ether oxygens (including phenoxy) is 1. The molecule has 54 valence electrons. The Morgan fingerprint density at radius 3 is 2.78 bits per heavy atom. The Hall–Kier alpha value is -0.530. The molecule has 0 aliphatic rings. The molecule has 0 aliphatic carbocycles. The molecule has 0 radical (unpaired) electrons. The van der Waals surface area contributed by atoms with Crippen LogP contribution in [0.2, 0.25) is 0 Å². The first-order chi connectivity index (χ1) is 4.31. The number of carbonyl (C=O) groups is 1. The van der Waals surface area contributed by atoms with Crippen LogP contribution in [0.25, 0.3) is 0 Å². The first kappa shape index (κ1) is 8.47. The fraction of sp³-hybridized carbons (Fsp3) is 0.857. The average molecular weight is 130 g/mol. The van der Waals surface area contributed by atoms with Crippen LogP contribution in [-0.4, -0.2) is 12.6 Å². The monoisotopic (exact) mass is 130 g/mol. The third-order valence-electron chi connectivity index (χ3n) is 1.25. The molecule has 0 spiro atoms. The predicted molar refractivity (Wildman–Crippen MR) is 36.1 cm³/mol. The molecule has 0 aromatic carbocycles. The zero-order valence-electron chi connectivity index (χ0n) is 6.09. The van der Waals surface area contributed by atoms with Crippen molar-refractivity contribution in [3.63, 3.8) is 0 Å². The minimum atomic E-state index is 0.0995. The van der Waals surface area contributed by atoms with Crippen molar-refractivity contribution in [2.45, 2.75) is 39.2 Å². The molecule has 0 fully saturated rings. The average Bonchev–Trinajstić information content (AvgIpc) is 1.85. The van der Waals surface area contributed by atoms with E-state index in [0.29, 0.717) is 6.47 Å². The van der Waals surface area contributed by atoms with E-state index >= 15 is 0 Å². The Morgan fingerprint density at radius 1 is 1.67 bits per heavy atom. The summed E-state index contributed by atoms with van der Waals surface area (Å²) in [5.41, 5.74) is 0. The van der Waals surface area contributed by atoms with E-state index in [0.717, 1.165) is 19.3 Å². The topological polar surface area (TPSA) is 26.3 Å². The van der Waals surface area contributed by atoms with Crippen LogP contribution >= 0.6 is 0 Å². The molecule has 0 N–H and O–H groups in total. The lowest BCUT2D eigenvalue weighted by molar-refractivity contribution is -0.133. The SMILES string of the molecule is CCCCC(C)OC=O. The Balaban J connectivity index is 3.04. The van der Waals surface area contributed by atoms with E-state index in [-0.39, 0.29) is 6.10 Å². The molecule has 1 atom stereocenters. The van der Waals surface area contributed by atoms with Crippen LogP contribution in [0.15, 0.2) is 0 Å². The van der Waals surface area contributed by atoms with Crippen molar-refractivity contribution < 1.29 is 9.53 Å². The van der Waals surface area contributed by atoms with Crippen molar-refractivity contribution >= 4 is 6.47 Å². The van der Waals surface area contributed by atoms with E-state index in [1.165, 1.54) is 0 Å². The van der Waals surface area contributed by atoms with Crippen molar-refractivity contribution in [2.75, 3.05) is 0 Å². The van der Waals surface area contributed by atoms with Crippen molar-refractivity contribution in [1.29, 1.82) is 0 Å². The van der Waals surface area contributed by atoms with E-state index in [1.807, 2.05) is 6.92 Å². The molecule has 0 rings (SSSR count). The minimum absolute atomic E-state index is 0.0995. The molecule has 1 unspecified atom stereocenters. The van der Waals surface area contributed by atoms with Crippen LogP contribution in [0.5, 0.6) is 0 Å². The molecule has 0 aliphatic heterocycles. The Bertz CT molecular complexity index is 71.3. The zero-order chi connectivity index (χ0) is 7.11. The molecule has 0 bridgehead atoms. The largest absolute Gasteiger partial charge is 0.465 e. The second-order valence-electron chi connectivity index (χ2n) is 2.19. The quantitative estimate of drug-likeness (QED) is 0.530. The fourth-order valence-corrected chi connectivity index (χ4v) is 0.654. The highest BCUT2D eigenvalue weighted by molar-refractivity contribution is 5.37. The highest BCUT2D eigenvalue weighted by atomic mass is 16.5. The summed E-state index contributed by atoms with van der Waals surface area (Å²) < 4.78 is 4.66. The summed E-state index contributed by atoms with van der Waals surface area (Å²) in [5, 5.41) is 0. The summed E-state index contributed by atoms with van der Waals surface area (Å²) in [5.74, 6) is 0. The van der Waals surface area contributed by atoms with Crippen LogP contribution < -0.4 is 0 Å². The second-order valence-corrected chi connectivity index (χ2v) is 2.19. The van der Waals surface area contributed by atoms with Crippen LogP contribution in [0.1, 0.15) is 33.1 Å². The normalized spacial score (nSPS) is 12.7. The molecule has 0 aromatic heterocycles. The summed E-state index contributed by atoms with van der Waals surface area (Å²) >= 11 is 0. The van der Waals surface area contributed by atoms with Gasteiger partial charge in [-0.05, 0) is 13.3 Å². The van der Waals surface area contributed by atoms with Crippen molar-refractivity contribution in [1.82, 2.24) is 0 Å². The van der Waals surface area contributed by atoms with E-state index in [2.05, 4.69) is 11.7 Å². The van der Waals surface area contributed by atoms with Gasteiger partial charge in [-0.2, -0.15) is 0 Å². The molecular weight excluding hydrogens is 116 g/mol. The summed E-state index contributed by atoms with van der Waals surface area (Å²) in [7, 11) is 0. The summed E-state index contributed by atoms with van der Waals surface area (Å²) in [6.45, 7) is 4.54. The molecule has 2 nitrogen and oxygen atoms in total. The third-order valence-corrected chi connectivity index (χ3v) is 1.25. The van der Waals surface area contributed by atoms with Crippen molar-refractivity contribution in [2.24, 2.45) is 0 Å². The number of unbranched alkanes of at least 4 members (excludes halogenated alkanes) is 1. The molecule has 0 saturated carbocycles. The zero-order valence-corrected chi connectivity index (χ0v) is 6.09. The van der Waals surface area contributed by atoms with Gasteiger partial charge in [0.15, 0.2) is 0 Å². The van der Waals surface area contributed by atoms with Crippen molar-refractivity contribution in [3.8, 4) is 0 Å². The lowest BCUT2D eigenvalue weighted by Crippen LogP contribution is -2.05. The maximum atomic E-state index is 9.76. The van der Waals surface area contributed by atoms with Gasteiger partial charge in [-0.3, -0.25) is 4.79 Å². The van der Waals surface area contributed by atoms with E-state index in [1.54, 1.807) is 0 Å². The molecular formula is C7H14O2. The standard InChI is InChI=1S/C7H14O2/c1-3-4-5-7(2)9-6-8/h6-7H,3-5H2,1-2H3. The molecule has 2 heteroatoms. The highest BCUT2D eigenvalue weighted by Crippen LogP contribution is 2.01. The van der Waals surface area contributed by atoms with Crippen LogP contribution in [0, 0.1) is 0 Å². The van der Waals surface area contributed by atoms with E-state index in [4.69, 9.17) is 0 Å². The van der Waals surface area contributed by atoms with Gasteiger partial charge in [0.1, 0.15) is 0 Å². The Labute approximate surface area is 56.2 Å². The van der Waals surface area contributed by atoms with E-state index < -0.39 is 0 Å². The van der Waals surface area contributed by atoms with Gasteiger partial charge in [-0.15, -0.1) is 0 Å². The number of carbonyl (C=O) groups excluding carboxylic acids is 1. The Kier molecular flexibility index (Phi) is 5.27. The summed E-state index contributed by atoms with van der Waals surface area (Å²) in [6.07, 6.45) is 3.37. The van der Waals surface area contributed by atoms with Crippen LogP contribution in [0.4, 0.5) is 0 Å². The van der Waals surface area contributed by atoms with Gasteiger partial charge in [0.2, 0.25) is 0 Å². The maximum absolute atomic E-state index is 9.76. The van der Waals surface area contributed by atoms with Crippen LogP contribution in [-0.2, 0) is 9.53 Å². The van der Waals surface area contributed by atoms with Crippen LogP contribution in [0.3, 0.4) is 0 Å². The van der Waals surface area contributed by atoms with Crippen molar-refractivity contribution in [3.05, 3.63) is 0 Å². The molecule has 9 heavy (non-hydrogen) atoms. The molecule has 0 saturated heterocycles. The summed E-state index contributed by atoms with van der Waals surface area (Å²) in [6, 6.07) is 0. The van der Waals surface area contributed by atoms with Gasteiger partial charge < -0.3 is 4.74 Å². The van der Waals surface area contributed by atoms with Gasteiger partial charge in [-0.25, -0.2) is 0 Å².